The van der Waals surface area contributed by atoms with E-state index in [1.807, 2.05) is 6.07 Å². The molecule has 0 unspecified atom stereocenters. The van der Waals surface area contributed by atoms with E-state index in [9.17, 15) is 0 Å². The van der Waals surface area contributed by atoms with Gasteiger partial charge >= 0.3 is 0 Å². The topological polar surface area (TPSA) is 29.3 Å². The first-order valence-electron chi connectivity index (χ1n) is 4.58. The summed E-state index contributed by atoms with van der Waals surface area (Å²) in [7, 11) is 0. The van der Waals surface area contributed by atoms with E-state index in [-0.39, 0.29) is 5.54 Å². The summed E-state index contributed by atoms with van der Waals surface area (Å²) in [6.07, 6.45) is 3.36. The van der Waals surface area contributed by atoms with E-state index in [0.717, 1.165) is 12.1 Å². The zero-order valence-corrected chi connectivity index (χ0v) is 8.83. The maximum Gasteiger partial charge on any atom is 0.205 e. The molecule has 0 saturated carbocycles. The van der Waals surface area contributed by atoms with Crippen LogP contribution in [0.25, 0.3) is 4.85 Å². The van der Waals surface area contributed by atoms with Crippen molar-refractivity contribution in [3.8, 4) is 0 Å². The van der Waals surface area contributed by atoms with Gasteiger partial charge in [0.05, 0.1) is 6.57 Å². The van der Waals surface area contributed by atoms with E-state index in [0.29, 0.717) is 5.69 Å². The molecule has 0 aromatic carbocycles. The number of hydrogen-bond acceptors (Lipinski definition) is 2. The van der Waals surface area contributed by atoms with E-state index in [4.69, 9.17) is 6.57 Å². The minimum atomic E-state index is 0.0914. The predicted octanol–water partition coefficient (Wildman–Crippen LogP) is 2.52. The van der Waals surface area contributed by atoms with E-state index < -0.39 is 0 Å². The Hall–Kier alpha value is -1.40. The molecule has 0 amide bonds. The molecule has 0 aliphatic rings. The standard InChI is InChI=1S/C11H15N3/c1-11(2,3)14-7-9-5-10(12-4)8-13-6-9/h5-6,8,14H,7H2,1-3H3. The van der Waals surface area contributed by atoms with Gasteiger partial charge in [0.15, 0.2) is 0 Å². The Morgan fingerprint density at radius 3 is 2.71 bits per heavy atom. The fraction of sp³-hybridized carbons (Fsp3) is 0.455. The van der Waals surface area contributed by atoms with Crippen molar-refractivity contribution >= 4 is 5.69 Å². The van der Waals surface area contributed by atoms with E-state index in [2.05, 4.69) is 35.9 Å². The lowest BCUT2D eigenvalue weighted by Crippen LogP contribution is -2.35. The molecular weight excluding hydrogens is 174 g/mol. The lowest BCUT2D eigenvalue weighted by atomic mass is 10.1. The first-order chi connectivity index (χ1) is 6.51. The highest BCUT2D eigenvalue weighted by Gasteiger charge is 2.08. The first kappa shape index (κ1) is 10.7. The second kappa shape index (κ2) is 4.21. The van der Waals surface area contributed by atoms with Crippen LogP contribution in [0.1, 0.15) is 26.3 Å². The van der Waals surface area contributed by atoms with Crippen molar-refractivity contribution in [1.29, 1.82) is 0 Å². The summed E-state index contributed by atoms with van der Waals surface area (Å²) in [6.45, 7) is 13.9. The van der Waals surface area contributed by atoms with Gasteiger partial charge in [-0.1, -0.05) is 0 Å². The summed E-state index contributed by atoms with van der Waals surface area (Å²) in [5, 5.41) is 3.35. The van der Waals surface area contributed by atoms with Crippen molar-refractivity contribution in [1.82, 2.24) is 10.3 Å². The number of rotatable bonds is 2. The Morgan fingerprint density at radius 1 is 1.43 bits per heavy atom. The molecule has 0 spiro atoms. The largest absolute Gasteiger partial charge is 0.308 e. The van der Waals surface area contributed by atoms with Gasteiger partial charge < -0.3 is 5.32 Å². The average molecular weight is 189 g/mol. The van der Waals surface area contributed by atoms with Gasteiger partial charge in [0.25, 0.3) is 0 Å². The summed E-state index contributed by atoms with van der Waals surface area (Å²) in [5.41, 5.74) is 1.74. The maximum atomic E-state index is 6.86. The molecule has 74 valence electrons. The second-order valence-electron chi connectivity index (χ2n) is 4.27. The van der Waals surface area contributed by atoms with Crippen molar-refractivity contribution in [2.75, 3.05) is 0 Å². The fourth-order valence-electron chi connectivity index (χ4n) is 0.999. The Kier molecular flexibility index (Phi) is 3.21. The highest BCUT2D eigenvalue weighted by atomic mass is 14.9. The molecule has 1 rings (SSSR count). The zero-order valence-electron chi connectivity index (χ0n) is 8.83. The van der Waals surface area contributed by atoms with Gasteiger partial charge in [-0.25, -0.2) is 4.85 Å². The molecule has 0 aliphatic heterocycles. The number of nitrogens with zero attached hydrogens (tertiary/aromatic N) is 2. The van der Waals surface area contributed by atoms with Gasteiger partial charge in [0.1, 0.15) is 0 Å². The van der Waals surface area contributed by atoms with Gasteiger partial charge in [-0.3, -0.25) is 4.98 Å². The third kappa shape index (κ3) is 3.55. The van der Waals surface area contributed by atoms with Crippen molar-refractivity contribution in [3.05, 3.63) is 35.4 Å². The van der Waals surface area contributed by atoms with Gasteiger partial charge in [-0.05, 0) is 32.4 Å². The molecule has 1 heterocycles. The molecule has 0 saturated heterocycles. The molecule has 0 bridgehead atoms. The smallest absolute Gasteiger partial charge is 0.205 e. The van der Waals surface area contributed by atoms with Gasteiger partial charge in [0, 0.05) is 24.5 Å². The molecule has 3 heteroatoms. The van der Waals surface area contributed by atoms with Crippen LogP contribution in [0, 0.1) is 6.57 Å². The second-order valence-corrected chi connectivity index (χ2v) is 4.27. The van der Waals surface area contributed by atoms with Crippen LogP contribution in [0.3, 0.4) is 0 Å². The Balaban J connectivity index is 2.65. The lowest BCUT2D eigenvalue weighted by molar-refractivity contribution is 0.424. The minimum absolute atomic E-state index is 0.0914. The number of aromatic nitrogens is 1. The molecule has 1 N–H and O–H groups in total. The normalized spacial score (nSPS) is 11.0. The molecule has 1 aromatic heterocycles. The molecule has 0 radical (unpaired) electrons. The summed E-state index contributed by atoms with van der Waals surface area (Å²) < 4.78 is 0. The summed E-state index contributed by atoms with van der Waals surface area (Å²) in [4.78, 5) is 7.34. The fourth-order valence-corrected chi connectivity index (χ4v) is 0.999. The van der Waals surface area contributed by atoms with Crippen LogP contribution in [-0.2, 0) is 6.54 Å². The molecule has 14 heavy (non-hydrogen) atoms. The lowest BCUT2D eigenvalue weighted by Gasteiger charge is -2.20. The number of nitrogens with one attached hydrogen (secondary N) is 1. The maximum absolute atomic E-state index is 6.86. The highest BCUT2D eigenvalue weighted by Crippen LogP contribution is 2.12. The SMILES string of the molecule is [C-]#[N+]c1cncc(CNC(C)(C)C)c1. The molecule has 3 nitrogen and oxygen atoms in total. The Labute approximate surface area is 85.0 Å². The van der Waals surface area contributed by atoms with E-state index in [1.165, 1.54) is 0 Å². The van der Waals surface area contributed by atoms with Gasteiger partial charge in [-0.2, -0.15) is 0 Å². The van der Waals surface area contributed by atoms with Crippen LogP contribution in [0.4, 0.5) is 5.69 Å². The summed E-state index contributed by atoms with van der Waals surface area (Å²) in [5.74, 6) is 0. The van der Waals surface area contributed by atoms with Crippen LogP contribution in [0.2, 0.25) is 0 Å². The Morgan fingerprint density at radius 2 is 2.14 bits per heavy atom. The van der Waals surface area contributed by atoms with Crippen LogP contribution in [0.5, 0.6) is 0 Å². The van der Waals surface area contributed by atoms with Crippen LogP contribution in [0.15, 0.2) is 18.5 Å². The third-order valence-corrected chi connectivity index (χ3v) is 1.73. The number of hydrogen-bond donors (Lipinski definition) is 1. The first-order valence-corrected chi connectivity index (χ1v) is 4.58. The molecule has 1 aromatic rings. The van der Waals surface area contributed by atoms with Crippen LogP contribution < -0.4 is 5.32 Å². The van der Waals surface area contributed by atoms with E-state index >= 15 is 0 Å². The quantitative estimate of drug-likeness (QED) is 0.724. The van der Waals surface area contributed by atoms with Crippen molar-refractivity contribution in [2.45, 2.75) is 32.9 Å². The van der Waals surface area contributed by atoms with E-state index in [1.54, 1.807) is 12.4 Å². The molecule has 0 aliphatic carbocycles. The molecule has 0 fully saturated rings. The van der Waals surface area contributed by atoms with Crippen LogP contribution in [-0.4, -0.2) is 10.5 Å². The van der Waals surface area contributed by atoms with Crippen LogP contribution >= 0.6 is 0 Å². The number of pyridine rings is 1. The Bertz CT molecular complexity index is 344. The molecule has 0 atom stereocenters. The van der Waals surface area contributed by atoms with Crippen molar-refractivity contribution < 1.29 is 0 Å². The third-order valence-electron chi connectivity index (χ3n) is 1.73. The zero-order chi connectivity index (χ0) is 10.6. The van der Waals surface area contributed by atoms with Gasteiger partial charge in [-0.15, -0.1) is 0 Å². The monoisotopic (exact) mass is 189 g/mol. The highest BCUT2D eigenvalue weighted by molar-refractivity contribution is 5.43. The van der Waals surface area contributed by atoms with Gasteiger partial charge in [0.2, 0.25) is 5.69 Å². The summed E-state index contributed by atoms with van der Waals surface area (Å²) >= 11 is 0. The van der Waals surface area contributed by atoms with Crippen molar-refractivity contribution in [2.24, 2.45) is 0 Å². The minimum Gasteiger partial charge on any atom is -0.308 e. The summed E-state index contributed by atoms with van der Waals surface area (Å²) in [6, 6.07) is 1.86. The molecular formula is C11H15N3. The average Bonchev–Trinajstić information content (AvgIpc) is 2.14. The van der Waals surface area contributed by atoms with Crippen molar-refractivity contribution in [3.63, 3.8) is 0 Å². The predicted molar refractivity (Wildman–Crippen MR) is 57.1 cm³/mol.